The van der Waals surface area contributed by atoms with E-state index in [0.29, 0.717) is 5.06 Å². The molecular weight excluding hydrogens is 234 g/mol. The molecule has 0 saturated carbocycles. The van der Waals surface area contributed by atoms with Crippen LogP contribution in [0, 0.1) is 0 Å². The fraction of sp³-hybridized carbons (Fsp3) is 0.556. The molecule has 1 saturated heterocycles. The summed E-state index contributed by atoms with van der Waals surface area (Å²) in [4.78, 5) is 49.0. The van der Waals surface area contributed by atoms with E-state index < -0.39 is 23.0 Å². The second kappa shape index (κ2) is 5.11. The van der Waals surface area contributed by atoms with Gasteiger partial charge in [-0.05, 0) is 6.92 Å². The largest absolute Gasteiger partial charge is 0.346 e. The molecular formula is C9H11NO5S. The number of hydroxylamine groups is 2. The third-order valence-corrected chi connectivity index (χ3v) is 2.74. The molecule has 1 fully saturated rings. The van der Waals surface area contributed by atoms with Gasteiger partial charge in [0.1, 0.15) is 5.25 Å². The minimum Gasteiger partial charge on any atom is -0.329 e. The van der Waals surface area contributed by atoms with Gasteiger partial charge in [0.05, 0.1) is 0 Å². The van der Waals surface area contributed by atoms with E-state index in [2.05, 4.69) is 4.84 Å². The number of thioether (sulfide) groups is 1. The highest BCUT2D eigenvalue weighted by molar-refractivity contribution is 8.14. The maximum atomic E-state index is 11.4. The Morgan fingerprint density at radius 3 is 2.25 bits per heavy atom. The highest BCUT2D eigenvalue weighted by Crippen LogP contribution is 2.17. The van der Waals surface area contributed by atoms with Crippen LogP contribution in [0.2, 0.25) is 0 Å². The molecule has 0 unspecified atom stereocenters. The number of carbonyl (C=O) groups is 4. The van der Waals surface area contributed by atoms with Crippen LogP contribution in [0.4, 0.5) is 0 Å². The van der Waals surface area contributed by atoms with Crippen LogP contribution in [0.3, 0.4) is 0 Å². The van der Waals surface area contributed by atoms with Gasteiger partial charge in [-0.3, -0.25) is 14.4 Å². The van der Waals surface area contributed by atoms with Crippen LogP contribution in [-0.2, 0) is 24.0 Å². The van der Waals surface area contributed by atoms with Crippen molar-refractivity contribution in [3.05, 3.63) is 0 Å². The average molecular weight is 245 g/mol. The molecule has 1 heterocycles. The van der Waals surface area contributed by atoms with Crippen molar-refractivity contribution in [1.29, 1.82) is 0 Å². The molecule has 16 heavy (non-hydrogen) atoms. The number of imide groups is 1. The van der Waals surface area contributed by atoms with Crippen molar-refractivity contribution < 1.29 is 24.0 Å². The summed E-state index contributed by atoms with van der Waals surface area (Å²) in [6, 6.07) is 0. The SMILES string of the molecule is CC(=O)S[C@@H](C)C(=O)ON1C(=O)CCC1=O. The van der Waals surface area contributed by atoms with Crippen molar-refractivity contribution in [3.63, 3.8) is 0 Å². The van der Waals surface area contributed by atoms with E-state index in [9.17, 15) is 19.2 Å². The van der Waals surface area contributed by atoms with Gasteiger partial charge in [-0.15, -0.1) is 5.06 Å². The molecule has 0 radical (unpaired) electrons. The third kappa shape index (κ3) is 3.06. The van der Waals surface area contributed by atoms with E-state index >= 15 is 0 Å². The number of nitrogens with zero attached hydrogens (tertiary/aromatic N) is 1. The molecule has 0 aromatic rings. The normalized spacial score (nSPS) is 17.5. The molecule has 1 atom stereocenters. The maximum absolute atomic E-state index is 11.4. The van der Waals surface area contributed by atoms with Crippen molar-refractivity contribution in [2.45, 2.75) is 31.9 Å². The minimum atomic E-state index is -0.774. The first-order chi connectivity index (χ1) is 7.41. The quantitative estimate of drug-likeness (QED) is 0.663. The lowest BCUT2D eigenvalue weighted by Crippen LogP contribution is -2.35. The minimum absolute atomic E-state index is 0.0559. The van der Waals surface area contributed by atoms with E-state index in [0.717, 1.165) is 11.8 Å². The summed E-state index contributed by atoms with van der Waals surface area (Å²) < 4.78 is 0. The first kappa shape index (κ1) is 12.7. The standard InChI is InChI=1S/C9H11NO5S/c1-5(16-6(2)11)9(14)15-10-7(12)3-4-8(10)13/h5H,3-4H2,1-2H3/t5-/m0/s1. The zero-order valence-corrected chi connectivity index (χ0v) is 9.70. The molecule has 88 valence electrons. The Labute approximate surface area is 96.2 Å². The van der Waals surface area contributed by atoms with Crippen LogP contribution >= 0.6 is 11.8 Å². The molecule has 1 rings (SSSR count). The summed E-state index contributed by atoms with van der Waals surface area (Å²) in [6.45, 7) is 2.79. The van der Waals surface area contributed by atoms with E-state index in [1.165, 1.54) is 13.8 Å². The zero-order chi connectivity index (χ0) is 12.3. The predicted molar refractivity (Wildman–Crippen MR) is 54.9 cm³/mol. The Kier molecular flexibility index (Phi) is 4.05. The zero-order valence-electron chi connectivity index (χ0n) is 8.89. The van der Waals surface area contributed by atoms with Gasteiger partial charge in [0.15, 0.2) is 5.12 Å². The monoisotopic (exact) mass is 245 g/mol. The molecule has 7 heteroatoms. The lowest BCUT2D eigenvalue weighted by Gasteiger charge is -2.14. The maximum Gasteiger partial charge on any atom is 0.346 e. The van der Waals surface area contributed by atoms with Crippen LogP contribution in [0.25, 0.3) is 0 Å². The second-order valence-corrected chi connectivity index (χ2v) is 4.76. The van der Waals surface area contributed by atoms with E-state index in [1.54, 1.807) is 0 Å². The van der Waals surface area contributed by atoms with Crippen LogP contribution in [0.1, 0.15) is 26.7 Å². The van der Waals surface area contributed by atoms with Gasteiger partial charge < -0.3 is 4.84 Å². The molecule has 0 N–H and O–H groups in total. The van der Waals surface area contributed by atoms with Gasteiger partial charge in [-0.2, -0.15) is 0 Å². The topological polar surface area (TPSA) is 80.8 Å². The third-order valence-electron chi connectivity index (χ3n) is 1.86. The number of hydrogen-bond acceptors (Lipinski definition) is 6. The van der Waals surface area contributed by atoms with Crippen molar-refractivity contribution in [2.75, 3.05) is 0 Å². The van der Waals surface area contributed by atoms with Crippen LogP contribution in [-0.4, -0.2) is 33.2 Å². The molecule has 6 nitrogen and oxygen atoms in total. The molecule has 0 spiro atoms. The predicted octanol–water partition coefficient (Wildman–Crippen LogP) is 0.262. The molecule has 0 bridgehead atoms. The van der Waals surface area contributed by atoms with Crippen molar-refractivity contribution >= 4 is 34.7 Å². The second-order valence-electron chi connectivity index (χ2n) is 3.24. The number of amides is 2. The van der Waals surface area contributed by atoms with Crippen LogP contribution in [0.15, 0.2) is 0 Å². The van der Waals surface area contributed by atoms with Crippen molar-refractivity contribution in [1.82, 2.24) is 5.06 Å². The van der Waals surface area contributed by atoms with E-state index in [-0.39, 0.29) is 18.0 Å². The Hall–Kier alpha value is -1.37. The fourth-order valence-corrected chi connectivity index (χ4v) is 1.76. The Bertz CT molecular complexity index is 338. The van der Waals surface area contributed by atoms with Gasteiger partial charge >= 0.3 is 5.97 Å². The Balaban J connectivity index is 2.53. The number of carbonyl (C=O) groups excluding carboxylic acids is 4. The summed E-state index contributed by atoms with van der Waals surface area (Å²) in [6.07, 6.45) is 0.112. The lowest BCUT2D eigenvalue weighted by atomic mass is 10.4. The van der Waals surface area contributed by atoms with Crippen molar-refractivity contribution in [2.24, 2.45) is 0 Å². The molecule has 0 aliphatic carbocycles. The van der Waals surface area contributed by atoms with Gasteiger partial charge in [0.2, 0.25) is 0 Å². The molecule has 1 aliphatic rings. The van der Waals surface area contributed by atoms with Crippen molar-refractivity contribution in [3.8, 4) is 0 Å². The first-order valence-corrected chi connectivity index (χ1v) is 5.54. The Morgan fingerprint density at radius 2 is 1.81 bits per heavy atom. The van der Waals surface area contributed by atoms with Crippen LogP contribution < -0.4 is 0 Å². The van der Waals surface area contributed by atoms with Gasteiger partial charge in [-0.1, -0.05) is 11.8 Å². The number of rotatable bonds is 3. The molecule has 1 aliphatic heterocycles. The highest BCUT2D eigenvalue weighted by Gasteiger charge is 2.34. The fourth-order valence-electron chi connectivity index (χ4n) is 1.12. The Morgan fingerprint density at radius 1 is 1.31 bits per heavy atom. The van der Waals surface area contributed by atoms with E-state index in [1.807, 2.05) is 0 Å². The molecule has 2 amide bonds. The average Bonchev–Trinajstić information content (AvgIpc) is 2.48. The molecule has 0 aromatic heterocycles. The lowest BCUT2D eigenvalue weighted by molar-refractivity contribution is -0.196. The molecule has 0 aromatic carbocycles. The van der Waals surface area contributed by atoms with Gasteiger partial charge in [0, 0.05) is 19.8 Å². The van der Waals surface area contributed by atoms with Crippen LogP contribution in [0.5, 0.6) is 0 Å². The van der Waals surface area contributed by atoms with Gasteiger partial charge in [0.25, 0.3) is 11.8 Å². The summed E-state index contributed by atoms with van der Waals surface area (Å²) in [5, 5.41) is -0.498. The van der Waals surface area contributed by atoms with Gasteiger partial charge in [-0.25, -0.2) is 4.79 Å². The highest BCUT2D eigenvalue weighted by atomic mass is 32.2. The first-order valence-electron chi connectivity index (χ1n) is 4.66. The summed E-state index contributed by atoms with van der Waals surface area (Å²) in [5.41, 5.74) is 0. The summed E-state index contributed by atoms with van der Waals surface area (Å²) in [7, 11) is 0. The smallest absolute Gasteiger partial charge is 0.329 e. The number of hydrogen-bond donors (Lipinski definition) is 0. The van der Waals surface area contributed by atoms with E-state index in [4.69, 9.17) is 0 Å². The summed E-state index contributed by atoms with van der Waals surface area (Å²) in [5.74, 6) is -1.83. The summed E-state index contributed by atoms with van der Waals surface area (Å²) >= 11 is 0.786.